The molecule has 4 nitrogen and oxygen atoms in total. The molecule has 5 heteroatoms. The van der Waals surface area contributed by atoms with Crippen molar-refractivity contribution in [2.45, 2.75) is 26.4 Å². The zero-order chi connectivity index (χ0) is 11.5. The van der Waals surface area contributed by atoms with E-state index in [1.165, 1.54) is 4.88 Å². The fraction of sp³-hybridized carbons (Fsp3) is 0.455. The van der Waals surface area contributed by atoms with Gasteiger partial charge in [-0.3, -0.25) is 0 Å². The van der Waals surface area contributed by atoms with Gasteiger partial charge in [0.25, 0.3) is 0 Å². The van der Waals surface area contributed by atoms with Crippen molar-refractivity contribution in [3.63, 3.8) is 0 Å². The second-order valence-corrected chi connectivity index (χ2v) is 4.85. The van der Waals surface area contributed by atoms with Crippen molar-refractivity contribution in [2.24, 2.45) is 0 Å². The van der Waals surface area contributed by atoms with Crippen molar-refractivity contribution in [1.29, 1.82) is 0 Å². The van der Waals surface area contributed by atoms with Crippen molar-refractivity contribution in [3.05, 3.63) is 17.3 Å². The molecule has 0 amide bonds. The Balaban J connectivity index is 2.33. The number of fused-ring (bicyclic) bond motifs is 1. The number of hydrogen-bond donors (Lipinski definition) is 2. The van der Waals surface area contributed by atoms with E-state index in [1.54, 1.807) is 24.6 Å². The van der Waals surface area contributed by atoms with Crippen LogP contribution in [0.5, 0.6) is 0 Å². The standard InChI is InChI=1S/C11H15N3OS/c1-3-8-4-9-10(12-5-7(2)15)13-6-14-11(9)16-8/h4,6-7,15H,3,5H2,1-2H3,(H,12,13,14)/t7-/m0/s1. The van der Waals surface area contributed by atoms with E-state index in [1.807, 2.05) is 0 Å². The Hall–Kier alpha value is -1.20. The summed E-state index contributed by atoms with van der Waals surface area (Å²) in [6.45, 7) is 4.38. The number of aliphatic hydroxyl groups excluding tert-OH is 1. The van der Waals surface area contributed by atoms with Crippen LogP contribution >= 0.6 is 11.3 Å². The summed E-state index contributed by atoms with van der Waals surface area (Å²) in [6, 6.07) is 2.12. The minimum atomic E-state index is -0.380. The Labute approximate surface area is 98.4 Å². The van der Waals surface area contributed by atoms with Gasteiger partial charge in [0, 0.05) is 11.4 Å². The normalized spacial score (nSPS) is 12.9. The number of nitrogens with one attached hydrogen (secondary N) is 1. The lowest BCUT2D eigenvalue weighted by Crippen LogP contribution is -2.16. The van der Waals surface area contributed by atoms with Crippen molar-refractivity contribution in [2.75, 3.05) is 11.9 Å². The highest BCUT2D eigenvalue weighted by atomic mass is 32.1. The first-order valence-corrected chi connectivity index (χ1v) is 6.17. The number of nitrogens with zero attached hydrogens (tertiary/aromatic N) is 2. The fourth-order valence-electron chi connectivity index (χ4n) is 1.46. The summed E-state index contributed by atoms with van der Waals surface area (Å²) in [4.78, 5) is 10.7. The van der Waals surface area contributed by atoms with E-state index in [4.69, 9.17) is 0 Å². The molecule has 1 atom stereocenters. The molecular formula is C11H15N3OS. The molecule has 2 aromatic heterocycles. The molecule has 0 aromatic carbocycles. The molecule has 0 aliphatic heterocycles. The number of thiophene rings is 1. The predicted octanol–water partition coefficient (Wildman–Crippen LogP) is 2.05. The first-order valence-electron chi connectivity index (χ1n) is 5.36. The number of aryl methyl sites for hydroxylation is 1. The van der Waals surface area contributed by atoms with Crippen LogP contribution in [-0.2, 0) is 6.42 Å². The zero-order valence-corrected chi connectivity index (χ0v) is 10.2. The first kappa shape index (κ1) is 11.3. The quantitative estimate of drug-likeness (QED) is 0.854. The van der Waals surface area contributed by atoms with Crippen molar-refractivity contribution >= 4 is 27.4 Å². The lowest BCUT2D eigenvalue weighted by atomic mass is 10.3. The highest BCUT2D eigenvalue weighted by Gasteiger charge is 2.07. The van der Waals surface area contributed by atoms with Crippen LogP contribution in [0, 0.1) is 0 Å². The lowest BCUT2D eigenvalue weighted by Gasteiger charge is -2.07. The molecule has 0 aliphatic carbocycles. The largest absolute Gasteiger partial charge is 0.392 e. The van der Waals surface area contributed by atoms with E-state index < -0.39 is 0 Å². The molecule has 2 aromatic rings. The number of aromatic nitrogens is 2. The summed E-state index contributed by atoms with van der Waals surface area (Å²) in [5, 5.41) is 13.4. The Morgan fingerprint density at radius 2 is 2.31 bits per heavy atom. The zero-order valence-electron chi connectivity index (χ0n) is 9.40. The van der Waals surface area contributed by atoms with Gasteiger partial charge >= 0.3 is 0 Å². The Morgan fingerprint density at radius 3 is 3.00 bits per heavy atom. The average molecular weight is 237 g/mol. The average Bonchev–Trinajstić information content (AvgIpc) is 2.69. The maximum atomic E-state index is 9.23. The summed E-state index contributed by atoms with van der Waals surface area (Å²) in [7, 11) is 0. The van der Waals surface area contributed by atoms with E-state index in [9.17, 15) is 5.11 Å². The molecule has 2 rings (SSSR count). The van der Waals surface area contributed by atoms with Crippen LogP contribution in [0.25, 0.3) is 10.2 Å². The van der Waals surface area contributed by atoms with Crippen LogP contribution in [0.3, 0.4) is 0 Å². The van der Waals surface area contributed by atoms with E-state index in [0.29, 0.717) is 6.54 Å². The molecule has 0 fully saturated rings. The number of anilines is 1. The Kier molecular flexibility index (Phi) is 3.36. The van der Waals surface area contributed by atoms with Gasteiger partial charge in [-0.1, -0.05) is 6.92 Å². The van der Waals surface area contributed by atoms with Gasteiger partial charge in [0.1, 0.15) is 17.0 Å². The van der Waals surface area contributed by atoms with E-state index in [-0.39, 0.29) is 6.10 Å². The van der Waals surface area contributed by atoms with Crippen LogP contribution in [-0.4, -0.2) is 27.7 Å². The number of rotatable bonds is 4. The third-order valence-electron chi connectivity index (χ3n) is 2.29. The van der Waals surface area contributed by atoms with Gasteiger partial charge in [0.15, 0.2) is 0 Å². The third-order valence-corrected chi connectivity index (χ3v) is 3.48. The monoisotopic (exact) mass is 237 g/mol. The maximum Gasteiger partial charge on any atom is 0.138 e. The van der Waals surface area contributed by atoms with Crippen LogP contribution in [0.2, 0.25) is 0 Å². The second kappa shape index (κ2) is 4.76. The first-order chi connectivity index (χ1) is 7.70. The molecule has 86 valence electrons. The van der Waals surface area contributed by atoms with Crippen LogP contribution in [0.1, 0.15) is 18.7 Å². The number of aliphatic hydroxyl groups is 1. The molecular weight excluding hydrogens is 222 g/mol. The summed E-state index contributed by atoms with van der Waals surface area (Å²) >= 11 is 1.69. The Morgan fingerprint density at radius 1 is 1.50 bits per heavy atom. The molecule has 0 aliphatic rings. The third kappa shape index (κ3) is 2.31. The maximum absolute atomic E-state index is 9.23. The molecule has 2 heterocycles. The smallest absolute Gasteiger partial charge is 0.138 e. The van der Waals surface area contributed by atoms with Gasteiger partial charge in [-0.05, 0) is 19.4 Å². The molecule has 0 saturated carbocycles. The van der Waals surface area contributed by atoms with Crippen LogP contribution in [0.15, 0.2) is 12.4 Å². The summed E-state index contributed by atoms with van der Waals surface area (Å²) < 4.78 is 0. The van der Waals surface area contributed by atoms with Crippen molar-refractivity contribution < 1.29 is 5.11 Å². The predicted molar refractivity (Wildman–Crippen MR) is 67.0 cm³/mol. The SMILES string of the molecule is CCc1cc2c(NC[C@H](C)O)ncnc2s1. The summed E-state index contributed by atoms with van der Waals surface area (Å²) in [5.74, 6) is 0.807. The van der Waals surface area contributed by atoms with Crippen LogP contribution in [0.4, 0.5) is 5.82 Å². The molecule has 2 N–H and O–H groups in total. The minimum absolute atomic E-state index is 0.380. The molecule has 16 heavy (non-hydrogen) atoms. The fourth-order valence-corrected chi connectivity index (χ4v) is 2.40. The van der Waals surface area contributed by atoms with Gasteiger partial charge < -0.3 is 10.4 Å². The minimum Gasteiger partial charge on any atom is -0.392 e. The molecule has 0 radical (unpaired) electrons. The highest BCUT2D eigenvalue weighted by molar-refractivity contribution is 7.18. The Bertz CT molecular complexity index is 481. The molecule has 0 unspecified atom stereocenters. The summed E-state index contributed by atoms with van der Waals surface area (Å²) in [6.07, 6.45) is 2.19. The van der Waals surface area contributed by atoms with E-state index >= 15 is 0 Å². The number of hydrogen-bond acceptors (Lipinski definition) is 5. The van der Waals surface area contributed by atoms with Gasteiger partial charge in [0.2, 0.25) is 0 Å². The second-order valence-electron chi connectivity index (χ2n) is 3.74. The lowest BCUT2D eigenvalue weighted by molar-refractivity contribution is 0.208. The van der Waals surface area contributed by atoms with Crippen LogP contribution < -0.4 is 5.32 Å². The topological polar surface area (TPSA) is 58.0 Å². The molecule has 0 spiro atoms. The van der Waals surface area contributed by atoms with E-state index in [2.05, 4.69) is 28.3 Å². The van der Waals surface area contributed by atoms with Crippen molar-refractivity contribution in [1.82, 2.24) is 9.97 Å². The highest BCUT2D eigenvalue weighted by Crippen LogP contribution is 2.28. The van der Waals surface area contributed by atoms with E-state index in [0.717, 1.165) is 22.5 Å². The van der Waals surface area contributed by atoms with Gasteiger partial charge in [-0.2, -0.15) is 0 Å². The summed E-state index contributed by atoms with van der Waals surface area (Å²) in [5.41, 5.74) is 0. The van der Waals surface area contributed by atoms with Gasteiger partial charge in [-0.25, -0.2) is 9.97 Å². The molecule has 0 bridgehead atoms. The van der Waals surface area contributed by atoms with Gasteiger partial charge in [-0.15, -0.1) is 11.3 Å². The molecule has 0 saturated heterocycles. The van der Waals surface area contributed by atoms with Crippen molar-refractivity contribution in [3.8, 4) is 0 Å². The van der Waals surface area contributed by atoms with Gasteiger partial charge in [0.05, 0.1) is 11.5 Å².